The van der Waals surface area contributed by atoms with E-state index in [1.165, 1.54) is 17.7 Å². The van der Waals surface area contributed by atoms with Gasteiger partial charge in [-0.3, -0.25) is 4.79 Å². The van der Waals surface area contributed by atoms with Crippen LogP contribution in [0.15, 0.2) is 66.9 Å². The van der Waals surface area contributed by atoms with E-state index in [4.69, 9.17) is 4.42 Å². The van der Waals surface area contributed by atoms with Crippen LogP contribution in [-0.4, -0.2) is 20.6 Å². The summed E-state index contributed by atoms with van der Waals surface area (Å²) in [5.74, 6) is -1.99. The Morgan fingerprint density at radius 3 is 2.67 bits per heavy atom. The van der Waals surface area contributed by atoms with E-state index in [-0.39, 0.29) is 39.7 Å². The van der Waals surface area contributed by atoms with Crippen LogP contribution in [0, 0.1) is 0 Å². The molecule has 1 unspecified atom stereocenters. The van der Waals surface area contributed by atoms with Gasteiger partial charge in [0.25, 0.3) is 5.56 Å². The molecule has 1 aliphatic carbocycles. The zero-order chi connectivity index (χ0) is 23.5. The van der Waals surface area contributed by atoms with E-state index in [0.717, 1.165) is 23.5 Å². The fourth-order valence-electron chi connectivity index (χ4n) is 4.19. The third-order valence-electron chi connectivity index (χ3n) is 5.59. The van der Waals surface area contributed by atoms with E-state index in [9.17, 15) is 32.7 Å². The molecular formula is C22H13F3N2O5S. The number of nitrogens with one attached hydrogen (secondary N) is 1. The Kier molecular flexibility index (Phi) is 4.67. The van der Waals surface area contributed by atoms with E-state index < -0.39 is 34.9 Å². The van der Waals surface area contributed by atoms with E-state index >= 15 is 0 Å². The number of carboxylic acid groups (broad SMARTS) is 1. The predicted molar refractivity (Wildman–Crippen MR) is 113 cm³/mol. The van der Waals surface area contributed by atoms with Crippen molar-refractivity contribution in [3.8, 4) is 0 Å². The second-order valence-electron chi connectivity index (χ2n) is 7.47. The van der Waals surface area contributed by atoms with Gasteiger partial charge in [0, 0.05) is 28.7 Å². The Morgan fingerprint density at radius 1 is 1.21 bits per heavy atom. The summed E-state index contributed by atoms with van der Waals surface area (Å²) in [6.07, 6.45) is -3.30. The average molecular weight is 474 g/mol. The third-order valence-corrected chi connectivity index (χ3v) is 6.34. The summed E-state index contributed by atoms with van der Waals surface area (Å²) in [7, 11) is 0. The molecule has 4 aromatic rings. The van der Waals surface area contributed by atoms with Crippen molar-refractivity contribution >= 4 is 33.9 Å². The maximum atomic E-state index is 13.5. The topological polar surface area (TPSA) is 105 Å². The average Bonchev–Trinajstić information content (AvgIpc) is 3.47. The molecule has 7 nitrogen and oxygen atoms in total. The minimum Gasteiger partial charge on any atom is -0.478 e. The summed E-state index contributed by atoms with van der Waals surface area (Å²) in [4.78, 5) is 40.9. The molecule has 0 fully saturated rings. The summed E-state index contributed by atoms with van der Waals surface area (Å²) < 4.78 is 46.4. The smallest absolute Gasteiger partial charge is 0.416 e. The Morgan fingerprint density at radius 2 is 2.00 bits per heavy atom. The fourth-order valence-corrected chi connectivity index (χ4v) is 4.94. The normalized spacial score (nSPS) is 15.9. The Bertz CT molecular complexity index is 1560. The van der Waals surface area contributed by atoms with Gasteiger partial charge in [-0.2, -0.15) is 13.2 Å². The number of nitrogens with zero attached hydrogens (tertiary/aromatic N) is 1. The first-order valence-corrected chi connectivity index (χ1v) is 10.5. The number of halogens is 3. The fraction of sp³-hybridized carbons (Fsp3) is 0.136. The molecule has 0 bridgehead atoms. The van der Waals surface area contributed by atoms with Gasteiger partial charge in [0.15, 0.2) is 0 Å². The van der Waals surface area contributed by atoms with Gasteiger partial charge in [-0.1, -0.05) is 6.07 Å². The number of hydrogen-bond donors (Lipinski definition) is 2. The molecule has 0 aliphatic heterocycles. The summed E-state index contributed by atoms with van der Waals surface area (Å²) in [5, 5.41) is 13.2. The first-order chi connectivity index (χ1) is 15.7. The maximum absolute atomic E-state index is 13.5. The Balaban J connectivity index is 1.86. The van der Waals surface area contributed by atoms with Crippen molar-refractivity contribution in [2.45, 2.75) is 18.5 Å². The molecule has 0 radical (unpaired) electrons. The highest BCUT2D eigenvalue weighted by Gasteiger charge is 2.40. The van der Waals surface area contributed by atoms with Gasteiger partial charge in [-0.05, 0) is 29.8 Å². The van der Waals surface area contributed by atoms with Crippen LogP contribution in [-0.2, 0) is 17.4 Å². The standard InChI is InChI=1S/C22H13F3N2O5S/c23-22(24,25)10-3-4-12-13(7-11-2-1-5-32-11)17(20(29)30)18(14(12)6-10)27-19(28)15-8-33-9-16(15)26-21(27)31/h1-6,8-9,13H,7H2,(H,26,31)(H,29,30). The summed E-state index contributed by atoms with van der Waals surface area (Å²) >= 11 is 1.15. The van der Waals surface area contributed by atoms with Crippen LogP contribution >= 0.6 is 11.3 Å². The van der Waals surface area contributed by atoms with Crippen LogP contribution in [0.1, 0.15) is 28.4 Å². The first-order valence-electron chi connectivity index (χ1n) is 9.59. The molecule has 1 atom stereocenters. The number of aromatic amines is 1. The van der Waals surface area contributed by atoms with E-state index in [2.05, 4.69) is 4.98 Å². The zero-order valence-corrected chi connectivity index (χ0v) is 17.3. The summed E-state index contributed by atoms with van der Waals surface area (Å²) in [5.41, 5.74) is -3.14. The highest BCUT2D eigenvalue weighted by Crippen LogP contribution is 2.45. The molecule has 1 aromatic carbocycles. The van der Waals surface area contributed by atoms with Crippen molar-refractivity contribution < 1.29 is 27.5 Å². The van der Waals surface area contributed by atoms with Gasteiger partial charge in [0.2, 0.25) is 0 Å². The van der Waals surface area contributed by atoms with Gasteiger partial charge in [-0.25, -0.2) is 14.2 Å². The Labute approximate surface area is 186 Å². The quantitative estimate of drug-likeness (QED) is 0.464. The number of carboxylic acids is 1. The highest BCUT2D eigenvalue weighted by atomic mass is 32.1. The van der Waals surface area contributed by atoms with Crippen LogP contribution < -0.4 is 11.2 Å². The van der Waals surface area contributed by atoms with Crippen LogP contribution in [0.3, 0.4) is 0 Å². The molecule has 33 heavy (non-hydrogen) atoms. The van der Waals surface area contributed by atoms with Crippen molar-refractivity contribution in [2.75, 3.05) is 0 Å². The minimum atomic E-state index is -4.71. The lowest BCUT2D eigenvalue weighted by Crippen LogP contribution is -2.35. The lowest BCUT2D eigenvalue weighted by molar-refractivity contribution is -0.137. The molecule has 0 saturated carbocycles. The number of hydrogen-bond acceptors (Lipinski definition) is 5. The third kappa shape index (κ3) is 3.32. The molecule has 0 amide bonds. The van der Waals surface area contributed by atoms with Crippen molar-refractivity contribution in [3.63, 3.8) is 0 Å². The number of aromatic nitrogens is 2. The second-order valence-corrected chi connectivity index (χ2v) is 8.22. The molecule has 5 rings (SSSR count). The van der Waals surface area contributed by atoms with E-state index in [1.54, 1.807) is 17.5 Å². The largest absolute Gasteiger partial charge is 0.478 e. The molecule has 3 heterocycles. The second kappa shape index (κ2) is 7.34. The summed E-state index contributed by atoms with van der Waals surface area (Å²) in [6, 6.07) is 6.02. The van der Waals surface area contributed by atoms with Crippen LogP contribution in [0.5, 0.6) is 0 Å². The maximum Gasteiger partial charge on any atom is 0.416 e. The van der Waals surface area contributed by atoms with Gasteiger partial charge in [-0.15, -0.1) is 11.3 Å². The van der Waals surface area contributed by atoms with Gasteiger partial charge >= 0.3 is 17.8 Å². The number of carbonyl (C=O) groups is 1. The number of thiophene rings is 1. The zero-order valence-electron chi connectivity index (χ0n) is 16.5. The van der Waals surface area contributed by atoms with Crippen LogP contribution in [0.4, 0.5) is 13.2 Å². The number of fused-ring (bicyclic) bond motifs is 2. The monoisotopic (exact) mass is 474 g/mol. The summed E-state index contributed by atoms with van der Waals surface area (Å²) in [6.45, 7) is 0. The molecule has 168 valence electrons. The SMILES string of the molecule is O=C(O)C1=C(n2c(=O)[nH]c3cscc3c2=O)c2cc(C(F)(F)F)ccc2C1Cc1ccco1. The van der Waals surface area contributed by atoms with Crippen LogP contribution in [0.2, 0.25) is 0 Å². The lowest BCUT2D eigenvalue weighted by atomic mass is 9.91. The van der Waals surface area contributed by atoms with Gasteiger partial charge in [0.1, 0.15) is 5.76 Å². The van der Waals surface area contributed by atoms with Crippen molar-refractivity contribution in [3.05, 3.63) is 96.2 Å². The number of aliphatic carboxylic acids is 1. The number of rotatable bonds is 4. The lowest BCUT2D eigenvalue weighted by Gasteiger charge is -2.14. The van der Waals surface area contributed by atoms with Crippen molar-refractivity contribution in [1.82, 2.24) is 9.55 Å². The number of H-pyrrole nitrogens is 1. The molecule has 0 saturated heterocycles. The number of alkyl halides is 3. The van der Waals surface area contributed by atoms with Crippen molar-refractivity contribution in [1.29, 1.82) is 0 Å². The molecule has 2 N–H and O–H groups in total. The van der Waals surface area contributed by atoms with Crippen molar-refractivity contribution in [2.24, 2.45) is 0 Å². The molecule has 0 spiro atoms. The van der Waals surface area contributed by atoms with Gasteiger partial charge < -0.3 is 14.5 Å². The predicted octanol–water partition coefficient (Wildman–Crippen LogP) is 4.05. The molecular weight excluding hydrogens is 461 g/mol. The number of benzene rings is 1. The first kappa shape index (κ1) is 21.0. The molecule has 1 aliphatic rings. The number of furan rings is 1. The Hall–Kier alpha value is -3.86. The molecule has 11 heteroatoms. The van der Waals surface area contributed by atoms with Gasteiger partial charge in [0.05, 0.1) is 34.0 Å². The van der Waals surface area contributed by atoms with E-state index in [0.29, 0.717) is 10.3 Å². The van der Waals surface area contributed by atoms with Crippen LogP contribution in [0.25, 0.3) is 16.6 Å². The minimum absolute atomic E-state index is 0.0177. The van der Waals surface area contributed by atoms with E-state index in [1.807, 2.05) is 0 Å². The highest BCUT2D eigenvalue weighted by molar-refractivity contribution is 7.09. The molecule has 3 aromatic heterocycles.